The molecule has 0 heterocycles. The standard InChI is InChI=1S/C16H19O3P/c1-16(2,13-7-5-4-6-8-13)14-9-11-15(12-10-14)19-20(17)18-3/h4-12,20H,1-3H3. The van der Waals surface area contributed by atoms with Gasteiger partial charge in [-0.15, -0.1) is 0 Å². The molecule has 0 saturated heterocycles. The molecule has 0 spiro atoms. The van der Waals surface area contributed by atoms with Gasteiger partial charge in [0, 0.05) is 12.5 Å². The molecule has 3 nitrogen and oxygen atoms in total. The average molecular weight is 290 g/mol. The monoisotopic (exact) mass is 290 g/mol. The number of hydrogen-bond donors (Lipinski definition) is 0. The Balaban J connectivity index is 2.23. The molecule has 1 unspecified atom stereocenters. The lowest BCUT2D eigenvalue weighted by Crippen LogP contribution is -2.18. The van der Waals surface area contributed by atoms with Gasteiger partial charge in [0.1, 0.15) is 5.75 Å². The largest absolute Gasteiger partial charge is 0.426 e. The topological polar surface area (TPSA) is 35.5 Å². The molecule has 0 amide bonds. The van der Waals surface area contributed by atoms with E-state index in [1.165, 1.54) is 18.2 Å². The van der Waals surface area contributed by atoms with E-state index in [1.807, 2.05) is 42.5 Å². The van der Waals surface area contributed by atoms with E-state index in [9.17, 15) is 4.57 Å². The zero-order valence-corrected chi connectivity index (χ0v) is 12.9. The van der Waals surface area contributed by atoms with Crippen LogP contribution in [0.3, 0.4) is 0 Å². The van der Waals surface area contributed by atoms with E-state index in [2.05, 4.69) is 30.5 Å². The molecular weight excluding hydrogens is 271 g/mol. The van der Waals surface area contributed by atoms with Crippen molar-refractivity contribution in [1.29, 1.82) is 0 Å². The Morgan fingerprint density at radius 3 is 2.00 bits per heavy atom. The maximum atomic E-state index is 11.2. The molecule has 0 radical (unpaired) electrons. The Labute approximate surface area is 120 Å². The van der Waals surface area contributed by atoms with Crippen molar-refractivity contribution >= 4 is 8.25 Å². The van der Waals surface area contributed by atoms with Crippen molar-refractivity contribution in [2.24, 2.45) is 0 Å². The van der Waals surface area contributed by atoms with E-state index in [0.717, 1.165) is 0 Å². The SMILES string of the molecule is CO[PH](=O)Oc1ccc(C(C)(C)c2ccccc2)cc1. The highest BCUT2D eigenvalue weighted by Crippen LogP contribution is 2.33. The molecule has 2 aromatic carbocycles. The fourth-order valence-electron chi connectivity index (χ4n) is 2.10. The molecule has 0 aliphatic heterocycles. The van der Waals surface area contributed by atoms with E-state index in [1.54, 1.807) is 0 Å². The van der Waals surface area contributed by atoms with Gasteiger partial charge in [-0.1, -0.05) is 56.3 Å². The Kier molecular flexibility index (Phi) is 4.64. The first kappa shape index (κ1) is 14.8. The highest BCUT2D eigenvalue weighted by molar-refractivity contribution is 7.33. The molecular formula is C16H19O3P. The summed E-state index contributed by atoms with van der Waals surface area (Å²) in [4.78, 5) is 0. The predicted octanol–water partition coefficient (Wildman–Crippen LogP) is 4.43. The van der Waals surface area contributed by atoms with Crippen molar-refractivity contribution in [3.05, 3.63) is 65.7 Å². The first-order valence-electron chi connectivity index (χ1n) is 6.46. The fourth-order valence-corrected chi connectivity index (χ4v) is 2.51. The number of benzene rings is 2. The zero-order valence-electron chi connectivity index (χ0n) is 11.9. The van der Waals surface area contributed by atoms with Gasteiger partial charge in [-0.2, -0.15) is 0 Å². The molecule has 106 valence electrons. The zero-order chi connectivity index (χ0) is 14.6. The summed E-state index contributed by atoms with van der Waals surface area (Å²) in [5.41, 5.74) is 2.33. The third kappa shape index (κ3) is 3.30. The first-order valence-corrected chi connectivity index (χ1v) is 7.68. The van der Waals surface area contributed by atoms with Crippen molar-refractivity contribution in [3.8, 4) is 5.75 Å². The van der Waals surface area contributed by atoms with Crippen LogP contribution in [-0.2, 0) is 14.5 Å². The summed E-state index contributed by atoms with van der Waals surface area (Å²) in [6, 6.07) is 18.0. The molecule has 20 heavy (non-hydrogen) atoms. The smallest absolute Gasteiger partial charge is 0.367 e. The summed E-state index contributed by atoms with van der Waals surface area (Å²) in [5, 5.41) is 0. The third-order valence-corrected chi connectivity index (χ3v) is 4.18. The summed E-state index contributed by atoms with van der Waals surface area (Å²) in [6.45, 7) is 4.35. The second kappa shape index (κ2) is 6.25. The van der Waals surface area contributed by atoms with Crippen LogP contribution in [0.2, 0.25) is 0 Å². The minimum atomic E-state index is -2.43. The fraction of sp³-hybridized carbons (Fsp3) is 0.250. The Morgan fingerprint density at radius 1 is 0.900 bits per heavy atom. The van der Waals surface area contributed by atoms with Crippen LogP contribution in [0.25, 0.3) is 0 Å². The molecule has 0 aromatic heterocycles. The molecule has 0 saturated carbocycles. The van der Waals surface area contributed by atoms with Gasteiger partial charge in [0.05, 0.1) is 0 Å². The van der Waals surface area contributed by atoms with E-state index < -0.39 is 8.25 Å². The van der Waals surface area contributed by atoms with E-state index in [4.69, 9.17) is 4.52 Å². The van der Waals surface area contributed by atoms with Gasteiger partial charge < -0.3 is 9.05 Å². The van der Waals surface area contributed by atoms with Crippen molar-refractivity contribution in [1.82, 2.24) is 0 Å². The lowest BCUT2D eigenvalue weighted by Gasteiger charge is -2.26. The molecule has 0 N–H and O–H groups in total. The van der Waals surface area contributed by atoms with Crippen LogP contribution in [-0.4, -0.2) is 7.11 Å². The molecule has 1 atom stereocenters. The minimum Gasteiger partial charge on any atom is -0.426 e. The highest BCUT2D eigenvalue weighted by atomic mass is 31.1. The molecule has 2 aromatic rings. The van der Waals surface area contributed by atoms with Gasteiger partial charge in [-0.05, 0) is 23.3 Å². The molecule has 0 bridgehead atoms. The maximum Gasteiger partial charge on any atom is 0.367 e. The Hall–Kier alpha value is -1.57. The molecule has 4 heteroatoms. The lowest BCUT2D eigenvalue weighted by molar-refractivity contribution is 0.349. The van der Waals surface area contributed by atoms with E-state index in [-0.39, 0.29) is 5.41 Å². The van der Waals surface area contributed by atoms with Crippen molar-refractivity contribution < 1.29 is 13.6 Å². The molecule has 0 aliphatic rings. The van der Waals surface area contributed by atoms with Gasteiger partial charge in [0.2, 0.25) is 0 Å². The second-order valence-electron chi connectivity index (χ2n) is 5.07. The van der Waals surface area contributed by atoms with Crippen molar-refractivity contribution in [2.75, 3.05) is 7.11 Å². The highest BCUT2D eigenvalue weighted by Gasteiger charge is 2.22. The summed E-state index contributed by atoms with van der Waals surface area (Å²) in [6.07, 6.45) is 0. The summed E-state index contributed by atoms with van der Waals surface area (Å²) >= 11 is 0. The quantitative estimate of drug-likeness (QED) is 0.764. The number of rotatable bonds is 5. The molecule has 2 rings (SSSR count). The van der Waals surface area contributed by atoms with E-state index in [0.29, 0.717) is 5.75 Å². The van der Waals surface area contributed by atoms with Crippen LogP contribution in [0, 0.1) is 0 Å². The predicted molar refractivity (Wildman–Crippen MR) is 81.7 cm³/mol. The second-order valence-corrected chi connectivity index (χ2v) is 6.18. The van der Waals surface area contributed by atoms with Crippen LogP contribution in [0.4, 0.5) is 0 Å². The normalized spacial score (nSPS) is 12.9. The van der Waals surface area contributed by atoms with Crippen LogP contribution in [0.1, 0.15) is 25.0 Å². The summed E-state index contributed by atoms with van der Waals surface area (Å²) < 4.78 is 21.0. The van der Waals surface area contributed by atoms with Crippen LogP contribution < -0.4 is 4.52 Å². The van der Waals surface area contributed by atoms with Crippen LogP contribution in [0.5, 0.6) is 5.75 Å². The van der Waals surface area contributed by atoms with Gasteiger partial charge in [0.25, 0.3) is 0 Å². The van der Waals surface area contributed by atoms with Gasteiger partial charge in [-0.3, -0.25) is 0 Å². The number of hydrogen-bond acceptors (Lipinski definition) is 3. The average Bonchev–Trinajstić information content (AvgIpc) is 2.48. The molecule has 0 aliphatic carbocycles. The van der Waals surface area contributed by atoms with Gasteiger partial charge >= 0.3 is 8.25 Å². The van der Waals surface area contributed by atoms with Crippen molar-refractivity contribution in [2.45, 2.75) is 19.3 Å². The van der Waals surface area contributed by atoms with Crippen LogP contribution in [0.15, 0.2) is 54.6 Å². The lowest BCUT2D eigenvalue weighted by atomic mass is 9.78. The summed E-state index contributed by atoms with van der Waals surface area (Å²) in [5.74, 6) is 0.559. The third-order valence-electron chi connectivity index (χ3n) is 3.44. The van der Waals surface area contributed by atoms with Crippen LogP contribution >= 0.6 is 8.25 Å². The maximum absolute atomic E-state index is 11.2. The van der Waals surface area contributed by atoms with Gasteiger partial charge in [0.15, 0.2) is 0 Å². The summed E-state index contributed by atoms with van der Waals surface area (Å²) in [7, 11) is -1.06. The molecule has 0 fully saturated rings. The minimum absolute atomic E-state index is 0.0910. The van der Waals surface area contributed by atoms with Gasteiger partial charge in [-0.25, -0.2) is 4.57 Å². The Bertz CT molecular complexity index is 576. The Morgan fingerprint density at radius 2 is 1.45 bits per heavy atom. The van der Waals surface area contributed by atoms with E-state index >= 15 is 0 Å². The van der Waals surface area contributed by atoms with Crippen molar-refractivity contribution in [3.63, 3.8) is 0 Å². The first-order chi connectivity index (χ1) is 9.54.